The van der Waals surface area contributed by atoms with E-state index in [-0.39, 0.29) is 23.2 Å². The molecule has 0 saturated heterocycles. The molecule has 2 aromatic carbocycles. The van der Waals surface area contributed by atoms with E-state index in [1.165, 1.54) is 12.1 Å². The van der Waals surface area contributed by atoms with E-state index in [9.17, 15) is 9.59 Å². The lowest BCUT2D eigenvalue weighted by molar-refractivity contribution is -0.124. The second kappa shape index (κ2) is 8.29. The number of esters is 1. The van der Waals surface area contributed by atoms with E-state index in [0.717, 1.165) is 0 Å². The van der Waals surface area contributed by atoms with Gasteiger partial charge in [-0.2, -0.15) is 0 Å². The Labute approximate surface area is 159 Å². The third kappa shape index (κ3) is 4.59. The molecule has 0 bridgehead atoms. The van der Waals surface area contributed by atoms with Gasteiger partial charge < -0.3 is 19.5 Å². The Balaban J connectivity index is 1.45. The SMILES string of the molecule is O=C(COC(=O)c1cc(Cl)ccc1Cl)NC[C@@H]1COc2ccccc2O1. The molecule has 6 nitrogen and oxygen atoms in total. The normalized spacial score (nSPS) is 15.2. The molecule has 26 heavy (non-hydrogen) atoms. The van der Waals surface area contributed by atoms with Crippen molar-refractivity contribution < 1.29 is 23.8 Å². The van der Waals surface area contributed by atoms with Gasteiger partial charge in [-0.15, -0.1) is 0 Å². The van der Waals surface area contributed by atoms with Crippen LogP contribution in [0.1, 0.15) is 10.4 Å². The summed E-state index contributed by atoms with van der Waals surface area (Å²) in [6, 6.07) is 11.7. The molecule has 0 unspecified atom stereocenters. The minimum atomic E-state index is -0.723. The third-order valence-corrected chi connectivity index (χ3v) is 4.14. The van der Waals surface area contributed by atoms with Crippen molar-refractivity contribution >= 4 is 35.1 Å². The van der Waals surface area contributed by atoms with Crippen molar-refractivity contribution in [3.63, 3.8) is 0 Å². The second-order valence-electron chi connectivity index (χ2n) is 5.50. The van der Waals surface area contributed by atoms with Gasteiger partial charge in [0.2, 0.25) is 0 Å². The molecule has 136 valence electrons. The minimum absolute atomic E-state index is 0.104. The van der Waals surface area contributed by atoms with E-state index in [4.69, 9.17) is 37.4 Å². The van der Waals surface area contributed by atoms with Gasteiger partial charge >= 0.3 is 5.97 Å². The largest absolute Gasteiger partial charge is 0.486 e. The van der Waals surface area contributed by atoms with Crippen LogP contribution in [-0.2, 0) is 9.53 Å². The molecule has 3 rings (SSSR count). The Morgan fingerprint density at radius 1 is 1.15 bits per heavy atom. The maximum absolute atomic E-state index is 12.0. The van der Waals surface area contributed by atoms with Crippen molar-refractivity contribution in [2.24, 2.45) is 0 Å². The number of benzene rings is 2. The van der Waals surface area contributed by atoms with Crippen molar-refractivity contribution in [2.45, 2.75) is 6.10 Å². The molecule has 1 aliphatic heterocycles. The molecule has 0 saturated carbocycles. The molecule has 0 aliphatic carbocycles. The van der Waals surface area contributed by atoms with Crippen molar-refractivity contribution in [3.8, 4) is 11.5 Å². The Morgan fingerprint density at radius 3 is 2.73 bits per heavy atom. The van der Waals surface area contributed by atoms with Gasteiger partial charge in [0.25, 0.3) is 5.91 Å². The first kappa shape index (κ1) is 18.4. The van der Waals surface area contributed by atoms with Crippen LogP contribution in [0.15, 0.2) is 42.5 Å². The molecule has 0 radical (unpaired) electrons. The molecule has 8 heteroatoms. The number of para-hydroxylation sites is 2. The fourth-order valence-electron chi connectivity index (χ4n) is 2.31. The molecule has 1 amide bonds. The quantitative estimate of drug-likeness (QED) is 0.787. The van der Waals surface area contributed by atoms with Crippen LogP contribution < -0.4 is 14.8 Å². The Kier molecular flexibility index (Phi) is 5.85. The van der Waals surface area contributed by atoms with Crippen molar-refractivity contribution in [2.75, 3.05) is 19.8 Å². The van der Waals surface area contributed by atoms with E-state index in [1.54, 1.807) is 12.1 Å². The summed E-state index contributed by atoms with van der Waals surface area (Å²) in [4.78, 5) is 23.9. The van der Waals surface area contributed by atoms with Gasteiger partial charge in [0.15, 0.2) is 18.1 Å². The maximum Gasteiger partial charge on any atom is 0.340 e. The number of hydrogen-bond acceptors (Lipinski definition) is 5. The predicted octanol–water partition coefficient (Wildman–Crippen LogP) is 3.11. The number of rotatable bonds is 5. The second-order valence-corrected chi connectivity index (χ2v) is 6.35. The van der Waals surface area contributed by atoms with Crippen LogP contribution in [0.3, 0.4) is 0 Å². The first-order valence-electron chi connectivity index (χ1n) is 7.80. The first-order valence-corrected chi connectivity index (χ1v) is 8.56. The standard InChI is InChI=1S/C18H15Cl2NO5/c19-11-5-6-14(20)13(7-11)18(23)25-10-17(22)21-8-12-9-24-15-3-1-2-4-16(15)26-12/h1-7,12H,8-10H2,(H,21,22)/t12-/m1/s1. The zero-order chi connectivity index (χ0) is 18.5. The van der Waals surface area contributed by atoms with Gasteiger partial charge in [-0.3, -0.25) is 4.79 Å². The number of nitrogens with one attached hydrogen (secondary N) is 1. The average molecular weight is 396 g/mol. The van der Waals surface area contributed by atoms with E-state index in [0.29, 0.717) is 23.1 Å². The van der Waals surface area contributed by atoms with E-state index < -0.39 is 18.5 Å². The van der Waals surface area contributed by atoms with Gasteiger partial charge in [0.1, 0.15) is 12.7 Å². The van der Waals surface area contributed by atoms with E-state index in [2.05, 4.69) is 5.32 Å². The molecule has 2 aromatic rings. The molecule has 0 aromatic heterocycles. The van der Waals surface area contributed by atoms with Crippen LogP contribution in [0, 0.1) is 0 Å². The Hall–Kier alpha value is -2.44. The smallest absolute Gasteiger partial charge is 0.340 e. The lowest BCUT2D eigenvalue weighted by atomic mass is 10.2. The Bertz CT molecular complexity index is 827. The van der Waals surface area contributed by atoms with Gasteiger partial charge in [0, 0.05) is 5.02 Å². The number of halogens is 2. The number of carbonyl (C=O) groups excluding carboxylic acids is 2. The summed E-state index contributed by atoms with van der Waals surface area (Å²) >= 11 is 11.7. The van der Waals surface area contributed by atoms with Gasteiger partial charge in [-0.25, -0.2) is 4.79 Å². The summed E-state index contributed by atoms with van der Waals surface area (Å²) in [6.07, 6.45) is -0.327. The fraction of sp³-hybridized carbons (Fsp3) is 0.222. The van der Waals surface area contributed by atoms with E-state index in [1.807, 2.05) is 18.2 Å². The van der Waals surface area contributed by atoms with Crippen molar-refractivity contribution in [1.29, 1.82) is 0 Å². The lowest BCUT2D eigenvalue weighted by Crippen LogP contribution is -2.42. The molecule has 0 spiro atoms. The highest BCUT2D eigenvalue weighted by molar-refractivity contribution is 6.35. The van der Waals surface area contributed by atoms with Crippen LogP contribution in [-0.4, -0.2) is 37.7 Å². The number of carbonyl (C=O) groups is 2. The molecular weight excluding hydrogens is 381 g/mol. The van der Waals surface area contributed by atoms with Crippen LogP contribution in [0.25, 0.3) is 0 Å². The maximum atomic E-state index is 12.0. The summed E-state index contributed by atoms with van der Waals surface area (Å²) in [6.45, 7) is 0.101. The molecule has 0 fully saturated rings. The summed E-state index contributed by atoms with van der Waals surface area (Å²) in [5.74, 6) is 0.111. The number of ether oxygens (including phenoxy) is 3. The monoisotopic (exact) mass is 395 g/mol. The summed E-state index contributed by atoms with van der Waals surface area (Å²) < 4.78 is 16.2. The summed E-state index contributed by atoms with van der Waals surface area (Å²) in [5, 5.41) is 3.18. The summed E-state index contributed by atoms with van der Waals surface area (Å²) in [7, 11) is 0. The lowest BCUT2D eigenvalue weighted by Gasteiger charge is -2.26. The molecule has 1 N–H and O–H groups in total. The van der Waals surface area contributed by atoms with Crippen LogP contribution >= 0.6 is 23.2 Å². The first-order chi connectivity index (χ1) is 12.5. The molecule has 1 atom stereocenters. The highest BCUT2D eigenvalue weighted by atomic mass is 35.5. The molecule has 1 aliphatic rings. The highest BCUT2D eigenvalue weighted by Gasteiger charge is 2.21. The predicted molar refractivity (Wildman–Crippen MR) is 96.1 cm³/mol. The highest BCUT2D eigenvalue weighted by Crippen LogP contribution is 2.30. The number of fused-ring (bicyclic) bond motifs is 1. The van der Waals surface area contributed by atoms with Crippen molar-refractivity contribution in [1.82, 2.24) is 5.32 Å². The average Bonchev–Trinajstić information content (AvgIpc) is 2.66. The molecular formula is C18H15Cl2NO5. The number of amides is 1. The van der Waals surface area contributed by atoms with Crippen LogP contribution in [0.4, 0.5) is 0 Å². The van der Waals surface area contributed by atoms with Crippen molar-refractivity contribution in [3.05, 3.63) is 58.1 Å². The third-order valence-electron chi connectivity index (χ3n) is 3.58. The minimum Gasteiger partial charge on any atom is -0.486 e. The van der Waals surface area contributed by atoms with Gasteiger partial charge in [-0.05, 0) is 30.3 Å². The zero-order valence-electron chi connectivity index (χ0n) is 13.5. The number of hydrogen-bond donors (Lipinski definition) is 1. The van der Waals surface area contributed by atoms with E-state index >= 15 is 0 Å². The zero-order valence-corrected chi connectivity index (χ0v) is 15.0. The fourth-order valence-corrected chi connectivity index (χ4v) is 2.67. The van der Waals surface area contributed by atoms with Crippen LogP contribution in [0.5, 0.6) is 11.5 Å². The van der Waals surface area contributed by atoms with Gasteiger partial charge in [-0.1, -0.05) is 35.3 Å². The molecule has 1 heterocycles. The summed E-state index contributed by atoms with van der Waals surface area (Å²) in [5.41, 5.74) is 0.104. The topological polar surface area (TPSA) is 73.9 Å². The van der Waals surface area contributed by atoms with Crippen LogP contribution in [0.2, 0.25) is 10.0 Å². The Morgan fingerprint density at radius 2 is 1.92 bits per heavy atom. The van der Waals surface area contributed by atoms with Gasteiger partial charge in [0.05, 0.1) is 17.1 Å².